The van der Waals surface area contributed by atoms with Crippen molar-refractivity contribution in [2.75, 3.05) is 0 Å². The lowest BCUT2D eigenvalue weighted by Crippen LogP contribution is -2.37. The molecule has 20 heavy (non-hydrogen) atoms. The summed E-state index contributed by atoms with van der Waals surface area (Å²) in [5.41, 5.74) is 0.994. The van der Waals surface area contributed by atoms with E-state index < -0.39 is 5.60 Å². The molecular formula is C18H21NO. The SMILES string of the molecule is OC(c1ccccc1)(c1cccnc1)C1CCCCC1. The second kappa shape index (κ2) is 5.76. The summed E-state index contributed by atoms with van der Waals surface area (Å²) in [5, 5.41) is 11.5. The van der Waals surface area contributed by atoms with Crippen molar-refractivity contribution in [3.63, 3.8) is 0 Å². The summed E-state index contributed by atoms with van der Waals surface area (Å²) in [6, 6.07) is 14.0. The zero-order chi connectivity index (χ0) is 13.8. The van der Waals surface area contributed by atoms with Crippen LogP contribution < -0.4 is 0 Å². The van der Waals surface area contributed by atoms with Crippen molar-refractivity contribution in [1.29, 1.82) is 0 Å². The molecule has 0 radical (unpaired) electrons. The van der Waals surface area contributed by atoms with E-state index in [1.807, 2.05) is 48.7 Å². The van der Waals surface area contributed by atoms with Gasteiger partial charge >= 0.3 is 0 Å². The third-order valence-corrected chi connectivity index (χ3v) is 4.51. The fourth-order valence-electron chi connectivity index (χ4n) is 3.44. The number of hydrogen-bond acceptors (Lipinski definition) is 2. The fraction of sp³-hybridized carbons (Fsp3) is 0.389. The van der Waals surface area contributed by atoms with Crippen molar-refractivity contribution in [2.45, 2.75) is 37.7 Å². The smallest absolute Gasteiger partial charge is 0.119 e. The summed E-state index contributed by atoms with van der Waals surface area (Å²) in [6.45, 7) is 0. The first-order valence-electron chi connectivity index (χ1n) is 7.50. The van der Waals surface area contributed by atoms with Crippen LogP contribution in [-0.2, 0) is 5.60 Å². The maximum absolute atomic E-state index is 11.5. The van der Waals surface area contributed by atoms with Gasteiger partial charge in [-0.2, -0.15) is 0 Å². The maximum atomic E-state index is 11.5. The van der Waals surface area contributed by atoms with Gasteiger partial charge < -0.3 is 5.11 Å². The maximum Gasteiger partial charge on any atom is 0.119 e. The number of pyridine rings is 1. The minimum absolute atomic E-state index is 0.280. The molecule has 2 heteroatoms. The molecule has 1 aromatic heterocycles. The van der Waals surface area contributed by atoms with Gasteiger partial charge in [0.1, 0.15) is 5.60 Å². The molecule has 0 aliphatic heterocycles. The second-order valence-corrected chi connectivity index (χ2v) is 5.71. The number of aliphatic hydroxyl groups is 1. The first-order valence-corrected chi connectivity index (χ1v) is 7.50. The Kier molecular flexibility index (Phi) is 3.83. The molecule has 0 amide bonds. The molecule has 104 valence electrons. The predicted molar refractivity (Wildman–Crippen MR) is 80.3 cm³/mol. The zero-order valence-electron chi connectivity index (χ0n) is 11.7. The van der Waals surface area contributed by atoms with Crippen molar-refractivity contribution in [1.82, 2.24) is 4.98 Å². The van der Waals surface area contributed by atoms with Gasteiger partial charge in [-0.3, -0.25) is 4.98 Å². The van der Waals surface area contributed by atoms with E-state index >= 15 is 0 Å². The van der Waals surface area contributed by atoms with Gasteiger partial charge in [0.25, 0.3) is 0 Å². The normalized spacial score (nSPS) is 19.4. The lowest BCUT2D eigenvalue weighted by atomic mass is 9.70. The Bertz CT molecular complexity index is 492. The van der Waals surface area contributed by atoms with E-state index in [2.05, 4.69) is 4.98 Å². The summed E-state index contributed by atoms with van der Waals surface area (Å²) in [7, 11) is 0. The quantitative estimate of drug-likeness (QED) is 0.915. The topological polar surface area (TPSA) is 33.1 Å². The van der Waals surface area contributed by atoms with E-state index in [1.54, 1.807) is 6.20 Å². The van der Waals surface area contributed by atoms with Gasteiger partial charge in [-0.15, -0.1) is 0 Å². The molecule has 1 aliphatic carbocycles. The average Bonchev–Trinajstić information content (AvgIpc) is 2.56. The molecule has 2 aromatic rings. The highest BCUT2D eigenvalue weighted by molar-refractivity contribution is 5.35. The summed E-state index contributed by atoms with van der Waals surface area (Å²) in [4.78, 5) is 4.21. The molecule has 1 aliphatic rings. The zero-order valence-corrected chi connectivity index (χ0v) is 11.7. The van der Waals surface area contributed by atoms with Gasteiger partial charge in [0.2, 0.25) is 0 Å². The molecule has 1 fully saturated rings. The average molecular weight is 267 g/mol. The first kappa shape index (κ1) is 13.3. The van der Waals surface area contributed by atoms with Crippen LogP contribution in [0.4, 0.5) is 0 Å². The van der Waals surface area contributed by atoms with E-state index in [0.29, 0.717) is 0 Å². The molecule has 1 saturated carbocycles. The lowest BCUT2D eigenvalue weighted by molar-refractivity contribution is -0.000992. The van der Waals surface area contributed by atoms with Crippen LogP contribution >= 0.6 is 0 Å². The van der Waals surface area contributed by atoms with E-state index in [0.717, 1.165) is 24.0 Å². The number of benzene rings is 1. The van der Waals surface area contributed by atoms with Crippen LogP contribution in [0.25, 0.3) is 0 Å². The van der Waals surface area contributed by atoms with Gasteiger partial charge in [0, 0.05) is 18.0 Å². The van der Waals surface area contributed by atoms with E-state index in [4.69, 9.17) is 0 Å². The molecular weight excluding hydrogens is 246 g/mol. The number of aromatic nitrogens is 1. The summed E-state index contributed by atoms with van der Waals surface area (Å²) >= 11 is 0. The van der Waals surface area contributed by atoms with Crippen molar-refractivity contribution < 1.29 is 5.11 Å². The number of hydrogen-bond donors (Lipinski definition) is 1. The molecule has 1 heterocycles. The molecule has 3 rings (SSSR count). The Hall–Kier alpha value is -1.67. The standard InChI is InChI=1S/C18H21NO/c20-18(15-8-3-1-4-9-15,16-10-5-2-6-11-16)17-12-7-13-19-14-17/h1,3-4,7-9,12-14,16,20H,2,5-6,10-11H2. The summed E-state index contributed by atoms with van der Waals surface area (Å²) in [5.74, 6) is 0.280. The van der Waals surface area contributed by atoms with Crippen LogP contribution in [0.1, 0.15) is 43.2 Å². The van der Waals surface area contributed by atoms with E-state index in [9.17, 15) is 5.11 Å². The van der Waals surface area contributed by atoms with Crippen LogP contribution in [0.5, 0.6) is 0 Å². The van der Waals surface area contributed by atoms with Gasteiger partial charge in [-0.1, -0.05) is 55.7 Å². The number of nitrogens with zero attached hydrogens (tertiary/aromatic N) is 1. The molecule has 0 spiro atoms. The first-order chi connectivity index (χ1) is 9.82. The highest BCUT2D eigenvalue weighted by atomic mass is 16.3. The van der Waals surface area contributed by atoms with Crippen LogP contribution in [-0.4, -0.2) is 10.1 Å². The van der Waals surface area contributed by atoms with Crippen LogP contribution in [0.3, 0.4) is 0 Å². The van der Waals surface area contributed by atoms with E-state index in [-0.39, 0.29) is 5.92 Å². The minimum Gasteiger partial charge on any atom is -0.380 e. The molecule has 0 saturated heterocycles. The molecule has 0 bridgehead atoms. The summed E-state index contributed by atoms with van der Waals surface area (Å²) in [6.07, 6.45) is 9.44. The Balaban J connectivity index is 2.07. The van der Waals surface area contributed by atoms with Crippen molar-refractivity contribution >= 4 is 0 Å². The van der Waals surface area contributed by atoms with Crippen molar-refractivity contribution in [3.05, 3.63) is 66.0 Å². The molecule has 1 N–H and O–H groups in total. The predicted octanol–water partition coefficient (Wildman–Crippen LogP) is 3.90. The molecule has 1 atom stereocenters. The highest BCUT2D eigenvalue weighted by Gasteiger charge is 2.40. The van der Waals surface area contributed by atoms with Gasteiger partial charge in [0.05, 0.1) is 0 Å². The highest BCUT2D eigenvalue weighted by Crippen LogP contribution is 2.43. The van der Waals surface area contributed by atoms with Gasteiger partial charge in [0.15, 0.2) is 0 Å². The van der Waals surface area contributed by atoms with Crippen molar-refractivity contribution in [3.8, 4) is 0 Å². The third kappa shape index (κ3) is 2.36. The van der Waals surface area contributed by atoms with Gasteiger partial charge in [-0.25, -0.2) is 0 Å². The summed E-state index contributed by atoms with van der Waals surface area (Å²) < 4.78 is 0. The van der Waals surface area contributed by atoms with Crippen LogP contribution in [0.15, 0.2) is 54.9 Å². The molecule has 1 unspecified atom stereocenters. The van der Waals surface area contributed by atoms with Crippen LogP contribution in [0, 0.1) is 5.92 Å². The Labute approximate surface area is 120 Å². The largest absolute Gasteiger partial charge is 0.380 e. The van der Waals surface area contributed by atoms with Gasteiger partial charge in [-0.05, 0) is 30.4 Å². The molecule has 1 aromatic carbocycles. The lowest BCUT2D eigenvalue weighted by Gasteiger charge is -2.39. The minimum atomic E-state index is -0.907. The van der Waals surface area contributed by atoms with E-state index in [1.165, 1.54) is 19.3 Å². The fourth-order valence-corrected chi connectivity index (χ4v) is 3.44. The molecule has 2 nitrogen and oxygen atoms in total. The Morgan fingerprint density at radius 3 is 2.25 bits per heavy atom. The van der Waals surface area contributed by atoms with Crippen LogP contribution in [0.2, 0.25) is 0 Å². The Morgan fingerprint density at radius 2 is 1.60 bits per heavy atom. The third-order valence-electron chi connectivity index (χ3n) is 4.51. The second-order valence-electron chi connectivity index (χ2n) is 5.71. The monoisotopic (exact) mass is 267 g/mol. The van der Waals surface area contributed by atoms with Crippen molar-refractivity contribution in [2.24, 2.45) is 5.92 Å². The number of rotatable bonds is 3. The Morgan fingerprint density at radius 1 is 0.900 bits per heavy atom.